The number of anilines is 1. The molecule has 0 saturated heterocycles. The number of non-ortho nitro benzene ring substituents is 1. The minimum Gasteiger partial charge on any atom is -0.360 e. The highest BCUT2D eigenvalue weighted by molar-refractivity contribution is 6.06. The zero-order valence-corrected chi connectivity index (χ0v) is 13.0. The van der Waals surface area contributed by atoms with Crippen LogP contribution in [0.1, 0.15) is 10.4 Å². The molecule has 0 saturated carbocycles. The van der Waals surface area contributed by atoms with Crippen molar-refractivity contribution in [1.29, 1.82) is 0 Å². The number of carbonyl (C=O) groups is 1. The maximum absolute atomic E-state index is 12.4. The molecular formula is C16H10N4O6. The Morgan fingerprint density at radius 3 is 2.46 bits per heavy atom. The van der Waals surface area contributed by atoms with E-state index >= 15 is 0 Å². The summed E-state index contributed by atoms with van der Waals surface area (Å²) in [5, 5.41) is 24.4. The lowest BCUT2D eigenvalue weighted by Crippen LogP contribution is -2.22. The van der Waals surface area contributed by atoms with Crippen LogP contribution in [0.15, 0.2) is 53.5 Å². The normalized spacial score (nSPS) is 10.5. The lowest BCUT2D eigenvalue weighted by molar-refractivity contribution is -0.393. The summed E-state index contributed by atoms with van der Waals surface area (Å²) in [6.45, 7) is 0. The summed E-state index contributed by atoms with van der Waals surface area (Å²) in [6, 6.07) is 9.37. The summed E-state index contributed by atoms with van der Waals surface area (Å²) < 4.78 is 0. The smallest absolute Gasteiger partial charge is 0.299 e. The topological polar surface area (TPSA) is 148 Å². The lowest BCUT2D eigenvalue weighted by atomic mass is 10.1. The summed E-state index contributed by atoms with van der Waals surface area (Å²) in [6.07, 6.45) is 1.21. The number of aromatic amines is 1. The fourth-order valence-corrected chi connectivity index (χ4v) is 2.42. The van der Waals surface area contributed by atoms with Crippen molar-refractivity contribution in [2.24, 2.45) is 0 Å². The fourth-order valence-electron chi connectivity index (χ4n) is 2.42. The predicted molar refractivity (Wildman–Crippen MR) is 92.3 cm³/mol. The molecule has 0 fully saturated rings. The highest BCUT2D eigenvalue weighted by atomic mass is 16.6. The third-order valence-corrected chi connectivity index (χ3v) is 3.67. The number of pyridine rings is 1. The van der Waals surface area contributed by atoms with Crippen molar-refractivity contribution >= 4 is 33.9 Å². The van der Waals surface area contributed by atoms with Gasteiger partial charge in [0.1, 0.15) is 11.3 Å². The van der Waals surface area contributed by atoms with Crippen LogP contribution in [0.2, 0.25) is 0 Å². The Morgan fingerprint density at radius 1 is 1.04 bits per heavy atom. The Kier molecular flexibility index (Phi) is 4.15. The van der Waals surface area contributed by atoms with Crippen molar-refractivity contribution in [1.82, 2.24) is 4.98 Å². The van der Waals surface area contributed by atoms with E-state index in [1.165, 1.54) is 6.20 Å². The number of carbonyl (C=O) groups excluding carboxylic acids is 1. The summed E-state index contributed by atoms with van der Waals surface area (Å²) in [7, 11) is 0. The number of nitro groups is 2. The van der Waals surface area contributed by atoms with Gasteiger partial charge in [0.25, 0.3) is 17.3 Å². The van der Waals surface area contributed by atoms with Gasteiger partial charge in [-0.1, -0.05) is 12.1 Å². The van der Waals surface area contributed by atoms with Crippen molar-refractivity contribution < 1.29 is 14.6 Å². The highest BCUT2D eigenvalue weighted by Gasteiger charge is 2.22. The average molecular weight is 354 g/mol. The van der Waals surface area contributed by atoms with Crippen molar-refractivity contribution in [2.75, 3.05) is 5.32 Å². The third-order valence-electron chi connectivity index (χ3n) is 3.67. The summed E-state index contributed by atoms with van der Waals surface area (Å²) in [5.74, 6) is -0.867. The van der Waals surface area contributed by atoms with Crippen molar-refractivity contribution in [2.45, 2.75) is 0 Å². The molecule has 0 aliphatic heterocycles. The molecule has 0 aliphatic rings. The van der Waals surface area contributed by atoms with Crippen molar-refractivity contribution in [3.05, 3.63) is 84.7 Å². The van der Waals surface area contributed by atoms with Gasteiger partial charge in [-0.25, -0.2) is 0 Å². The number of hydrogen-bond acceptors (Lipinski definition) is 6. The quantitative estimate of drug-likeness (QED) is 0.543. The molecule has 3 rings (SSSR count). The SMILES string of the molecule is O=C(Nc1ccc([N+](=O)[O-])cc1[N+](=O)[O-])c1c[nH]c2ccccc2c1=O. The Morgan fingerprint density at radius 2 is 1.77 bits per heavy atom. The van der Waals surface area contributed by atoms with Gasteiger partial charge in [0.05, 0.1) is 15.9 Å². The first-order valence-corrected chi connectivity index (χ1v) is 7.23. The van der Waals surface area contributed by atoms with E-state index in [0.717, 1.165) is 18.2 Å². The molecule has 2 aromatic carbocycles. The minimum atomic E-state index is -0.867. The number of hydrogen-bond donors (Lipinski definition) is 2. The molecule has 0 aliphatic carbocycles. The van der Waals surface area contributed by atoms with E-state index in [0.29, 0.717) is 10.9 Å². The number of amides is 1. The van der Waals surface area contributed by atoms with Crippen LogP contribution < -0.4 is 10.7 Å². The summed E-state index contributed by atoms with van der Waals surface area (Å²) in [4.78, 5) is 47.8. The number of nitrogens with zero attached hydrogens (tertiary/aromatic N) is 2. The van der Waals surface area contributed by atoms with Crippen LogP contribution in [0.4, 0.5) is 17.1 Å². The van der Waals surface area contributed by atoms with Crippen LogP contribution in [0.5, 0.6) is 0 Å². The second kappa shape index (κ2) is 6.43. The molecule has 26 heavy (non-hydrogen) atoms. The van der Waals surface area contributed by atoms with Gasteiger partial charge < -0.3 is 10.3 Å². The van der Waals surface area contributed by atoms with Crippen LogP contribution in [0.25, 0.3) is 10.9 Å². The highest BCUT2D eigenvalue weighted by Crippen LogP contribution is 2.29. The van der Waals surface area contributed by atoms with Gasteiger partial charge in [-0.05, 0) is 18.2 Å². The van der Waals surface area contributed by atoms with Gasteiger partial charge in [-0.15, -0.1) is 0 Å². The van der Waals surface area contributed by atoms with E-state index in [1.807, 2.05) is 0 Å². The van der Waals surface area contributed by atoms with Crippen LogP contribution in [0.3, 0.4) is 0 Å². The van der Waals surface area contributed by atoms with Crippen LogP contribution >= 0.6 is 0 Å². The van der Waals surface area contributed by atoms with Crippen LogP contribution in [0, 0.1) is 20.2 Å². The van der Waals surface area contributed by atoms with Gasteiger partial charge in [-0.2, -0.15) is 0 Å². The monoisotopic (exact) mass is 354 g/mol. The number of nitro benzene ring substituents is 2. The second-order valence-corrected chi connectivity index (χ2v) is 5.25. The van der Waals surface area contributed by atoms with E-state index in [1.54, 1.807) is 24.3 Å². The van der Waals surface area contributed by atoms with E-state index < -0.39 is 32.6 Å². The van der Waals surface area contributed by atoms with E-state index in [-0.39, 0.29) is 11.3 Å². The molecule has 3 aromatic rings. The summed E-state index contributed by atoms with van der Waals surface area (Å²) >= 11 is 0. The van der Waals surface area contributed by atoms with E-state index in [2.05, 4.69) is 10.3 Å². The molecule has 0 atom stereocenters. The average Bonchev–Trinajstić information content (AvgIpc) is 2.62. The van der Waals surface area contributed by atoms with Crippen LogP contribution in [-0.4, -0.2) is 20.7 Å². The maximum atomic E-state index is 12.4. The Balaban J connectivity index is 2.01. The number of aromatic nitrogens is 1. The predicted octanol–water partition coefficient (Wildman–Crippen LogP) is 2.60. The van der Waals surface area contributed by atoms with Crippen LogP contribution in [-0.2, 0) is 0 Å². The first kappa shape index (κ1) is 16.8. The maximum Gasteiger partial charge on any atom is 0.299 e. The number of rotatable bonds is 4. The van der Waals surface area contributed by atoms with Gasteiger partial charge in [0.15, 0.2) is 0 Å². The van der Waals surface area contributed by atoms with Gasteiger partial charge in [0.2, 0.25) is 5.43 Å². The number of fused-ring (bicyclic) bond motifs is 1. The second-order valence-electron chi connectivity index (χ2n) is 5.25. The van der Waals surface area contributed by atoms with Gasteiger partial charge >= 0.3 is 0 Å². The molecule has 1 heterocycles. The first-order valence-electron chi connectivity index (χ1n) is 7.23. The van der Waals surface area contributed by atoms with Crippen molar-refractivity contribution in [3.8, 4) is 0 Å². The molecule has 0 unspecified atom stereocenters. The lowest BCUT2D eigenvalue weighted by Gasteiger charge is -2.06. The Hall–Kier alpha value is -4.08. The number of nitrogens with one attached hydrogen (secondary N) is 2. The molecule has 1 aromatic heterocycles. The molecule has 0 bridgehead atoms. The van der Waals surface area contributed by atoms with Crippen molar-refractivity contribution in [3.63, 3.8) is 0 Å². The fraction of sp³-hybridized carbons (Fsp3) is 0. The largest absolute Gasteiger partial charge is 0.360 e. The number of para-hydroxylation sites is 1. The van der Waals surface area contributed by atoms with Gasteiger partial charge in [-0.3, -0.25) is 29.8 Å². The zero-order chi connectivity index (χ0) is 18.8. The van der Waals surface area contributed by atoms with Gasteiger partial charge in [0, 0.05) is 23.2 Å². The third kappa shape index (κ3) is 2.98. The number of H-pyrrole nitrogens is 1. The van der Waals surface area contributed by atoms with E-state index in [4.69, 9.17) is 0 Å². The molecule has 2 N–H and O–H groups in total. The first-order chi connectivity index (χ1) is 12.4. The Labute approximate surface area is 144 Å². The Bertz CT molecular complexity index is 1120. The molecule has 10 nitrogen and oxygen atoms in total. The number of benzene rings is 2. The molecule has 10 heteroatoms. The molecule has 0 radical (unpaired) electrons. The zero-order valence-electron chi connectivity index (χ0n) is 13.0. The molecular weight excluding hydrogens is 344 g/mol. The van der Waals surface area contributed by atoms with E-state index in [9.17, 15) is 29.8 Å². The molecule has 1 amide bonds. The summed E-state index contributed by atoms with van der Waals surface area (Å²) in [5.41, 5.74) is -1.63. The minimum absolute atomic E-state index is 0.239. The standard InChI is InChI=1S/C16H10N4O6/c21-15-10-3-1-2-4-12(10)17-8-11(15)16(22)18-13-6-5-9(19(23)24)7-14(13)20(25)26/h1-8H,(H,17,21)(H,18,22). The molecule has 130 valence electrons. The molecule has 0 spiro atoms.